The molecule has 0 aliphatic carbocycles. The summed E-state index contributed by atoms with van der Waals surface area (Å²) in [5.74, 6) is 0. The highest BCUT2D eigenvalue weighted by atomic mass is 32.2. The highest BCUT2D eigenvalue weighted by Crippen LogP contribution is 2.34. The van der Waals surface area contributed by atoms with Crippen LogP contribution in [0.25, 0.3) is 0 Å². The lowest BCUT2D eigenvalue weighted by Gasteiger charge is -2.19. The number of sulfone groups is 1. The second-order valence-corrected chi connectivity index (χ2v) is 9.68. The van der Waals surface area contributed by atoms with Gasteiger partial charge in [-0.05, 0) is 17.2 Å². The lowest BCUT2D eigenvalue weighted by atomic mass is 10.1. The second-order valence-electron chi connectivity index (χ2n) is 7.77. The summed E-state index contributed by atoms with van der Waals surface area (Å²) in [6, 6.07) is 21.5. The minimum absolute atomic E-state index is 0.205. The lowest BCUT2D eigenvalue weighted by molar-refractivity contribution is -0.0721. The van der Waals surface area contributed by atoms with Gasteiger partial charge in [-0.1, -0.05) is 60.7 Å². The predicted octanol–water partition coefficient (Wildman–Crippen LogP) is 3.51. The van der Waals surface area contributed by atoms with Crippen LogP contribution in [0.15, 0.2) is 78.1 Å². The van der Waals surface area contributed by atoms with Crippen LogP contribution < -0.4 is 0 Å². The van der Waals surface area contributed by atoms with Crippen molar-refractivity contribution < 1.29 is 22.6 Å². The minimum atomic E-state index is -3.51. The second kappa shape index (κ2) is 10.3. The van der Waals surface area contributed by atoms with E-state index in [-0.39, 0.29) is 17.4 Å². The van der Waals surface area contributed by atoms with E-state index in [0.29, 0.717) is 31.9 Å². The third-order valence-corrected chi connectivity index (χ3v) is 6.08. The van der Waals surface area contributed by atoms with Crippen molar-refractivity contribution in [3.05, 3.63) is 89.7 Å². The van der Waals surface area contributed by atoms with Crippen molar-refractivity contribution >= 4 is 9.84 Å². The molecule has 168 valence electrons. The number of nitrogens with zero attached hydrogens (tertiary/aromatic N) is 2. The maximum atomic E-state index is 11.9. The normalized spacial score (nSPS) is 21.0. The summed E-state index contributed by atoms with van der Waals surface area (Å²) in [7, 11) is -3.51. The van der Waals surface area contributed by atoms with Gasteiger partial charge in [-0.15, -0.1) is 0 Å². The third kappa shape index (κ3) is 5.98. The van der Waals surface area contributed by atoms with Gasteiger partial charge >= 0.3 is 0 Å². The van der Waals surface area contributed by atoms with Crippen LogP contribution in [-0.4, -0.2) is 43.5 Å². The Bertz CT molecular complexity index is 1110. The van der Waals surface area contributed by atoms with E-state index in [9.17, 15) is 8.42 Å². The molecule has 1 aliphatic rings. The first-order chi connectivity index (χ1) is 15.5. The standard InChI is InChI=1S/C24H26N2O5S/c1-32(27,28)24-25-13-12-20(26-24)21-14-22(30-16-19-10-6-3-7-11-19)23(31-21)17-29-15-18-8-4-2-5-9-18/h2-13,21-23H,14-17H2,1H3/t21-,22+,23-/m1/s1. The van der Waals surface area contributed by atoms with Crippen molar-refractivity contribution in [1.29, 1.82) is 0 Å². The summed E-state index contributed by atoms with van der Waals surface area (Å²) < 4.78 is 42.0. The number of rotatable bonds is 9. The van der Waals surface area contributed by atoms with Gasteiger partial charge in [0.2, 0.25) is 15.0 Å². The first-order valence-electron chi connectivity index (χ1n) is 10.4. The molecule has 0 radical (unpaired) electrons. The monoisotopic (exact) mass is 454 g/mol. The summed E-state index contributed by atoms with van der Waals surface area (Å²) in [5.41, 5.74) is 2.68. The third-order valence-electron chi connectivity index (χ3n) is 5.22. The lowest BCUT2D eigenvalue weighted by Crippen LogP contribution is -2.29. The molecule has 1 fully saturated rings. The van der Waals surface area contributed by atoms with Crippen LogP contribution >= 0.6 is 0 Å². The van der Waals surface area contributed by atoms with Gasteiger partial charge in [-0.25, -0.2) is 18.4 Å². The van der Waals surface area contributed by atoms with Crippen LogP contribution in [0.3, 0.4) is 0 Å². The molecule has 2 heterocycles. The first-order valence-corrected chi connectivity index (χ1v) is 12.3. The quantitative estimate of drug-likeness (QED) is 0.457. The van der Waals surface area contributed by atoms with Crippen molar-refractivity contribution in [1.82, 2.24) is 9.97 Å². The molecule has 0 N–H and O–H groups in total. The van der Waals surface area contributed by atoms with Gasteiger partial charge in [0.1, 0.15) is 12.2 Å². The van der Waals surface area contributed by atoms with Gasteiger partial charge in [0, 0.05) is 18.9 Å². The number of ether oxygens (including phenoxy) is 3. The zero-order chi connectivity index (χ0) is 22.4. The molecule has 1 saturated heterocycles. The zero-order valence-electron chi connectivity index (χ0n) is 17.8. The van der Waals surface area contributed by atoms with Crippen molar-refractivity contribution in [2.75, 3.05) is 12.9 Å². The van der Waals surface area contributed by atoms with E-state index < -0.39 is 15.9 Å². The Morgan fingerprint density at radius 2 is 1.62 bits per heavy atom. The van der Waals surface area contributed by atoms with Gasteiger partial charge in [0.25, 0.3) is 0 Å². The summed E-state index contributed by atoms with van der Waals surface area (Å²) in [5, 5.41) is -0.205. The van der Waals surface area contributed by atoms with Crippen molar-refractivity contribution in [3.63, 3.8) is 0 Å². The molecule has 0 saturated carbocycles. The fourth-order valence-corrected chi connectivity index (χ4v) is 4.11. The Morgan fingerprint density at radius 1 is 0.969 bits per heavy atom. The van der Waals surface area contributed by atoms with E-state index in [2.05, 4.69) is 9.97 Å². The molecule has 0 amide bonds. The molecular formula is C24H26N2O5S. The molecule has 1 aliphatic heterocycles. The van der Waals surface area contributed by atoms with E-state index in [4.69, 9.17) is 14.2 Å². The maximum Gasteiger partial charge on any atom is 0.247 e. The first kappa shape index (κ1) is 22.5. The van der Waals surface area contributed by atoms with E-state index in [1.54, 1.807) is 6.07 Å². The van der Waals surface area contributed by atoms with Gasteiger partial charge in [0.05, 0.1) is 31.6 Å². The number of hydrogen-bond donors (Lipinski definition) is 0. The number of hydrogen-bond acceptors (Lipinski definition) is 7. The fourth-order valence-electron chi connectivity index (χ4n) is 3.59. The van der Waals surface area contributed by atoms with Crippen LogP contribution in [0.1, 0.15) is 29.3 Å². The van der Waals surface area contributed by atoms with Crippen LogP contribution in [0.2, 0.25) is 0 Å². The Balaban J connectivity index is 1.45. The molecule has 1 aromatic heterocycles. The van der Waals surface area contributed by atoms with Gasteiger partial charge in [-0.2, -0.15) is 0 Å². The molecule has 7 nitrogen and oxygen atoms in total. The summed E-state index contributed by atoms with van der Waals surface area (Å²) in [6.45, 7) is 1.28. The average Bonchev–Trinajstić information content (AvgIpc) is 3.22. The zero-order valence-corrected chi connectivity index (χ0v) is 18.6. The van der Waals surface area contributed by atoms with E-state index in [0.717, 1.165) is 17.4 Å². The van der Waals surface area contributed by atoms with E-state index in [1.807, 2.05) is 60.7 Å². The van der Waals surface area contributed by atoms with Crippen molar-refractivity contribution in [2.45, 2.75) is 43.1 Å². The Hall–Kier alpha value is -2.65. The largest absolute Gasteiger partial charge is 0.374 e. The van der Waals surface area contributed by atoms with Gasteiger partial charge in [0.15, 0.2) is 0 Å². The van der Waals surface area contributed by atoms with Crippen LogP contribution in [0, 0.1) is 0 Å². The van der Waals surface area contributed by atoms with Crippen LogP contribution in [-0.2, 0) is 37.3 Å². The van der Waals surface area contributed by atoms with E-state index in [1.165, 1.54) is 6.20 Å². The van der Waals surface area contributed by atoms with Crippen LogP contribution in [0.4, 0.5) is 0 Å². The average molecular weight is 455 g/mol. The Labute approximate surface area is 188 Å². The summed E-state index contributed by atoms with van der Waals surface area (Å²) in [6.07, 6.45) is 2.17. The van der Waals surface area contributed by atoms with Crippen molar-refractivity contribution in [3.8, 4) is 0 Å². The molecule has 3 atom stereocenters. The van der Waals surface area contributed by atoms with Gasteiger partial charge in [-0.3, -0.25) is 0 Å². The van der Waals surface area contributed by atoms with Gasteiger partial charge < -0.3 is 14.2 Å². The Morgan fingerprint density at radius 3 is 2.28 bits per heavy atom. The molecule has 0 bridgehead atoms. The molecule has 2 aromatic carbocycles. The molecule has 8 heteroatoms. The molecule has 3 aromatic rings. The Kier molecular flexibility index (Phi) is 7.26. The topological polar surface area (TPSA) is 87.6 Å². The summed E-state index contributed by atoms with van der Waals surface area (Å²) >= 11 is 0. The number of benzene rings is 2. The molecule has 4 rings (SSSR count). The highest BCUT2D eigenvalue weighted by molar-refractivity contribution is 7.90. The van der Waals surface area contributed by atoms with E-state index >= 15 is 0 Å². The fraction of sp³-hybridized carbons (Fsp3) is 0.333. The molecule has 0 unspecified atom stereocenters. The molecule has 32 heavy (non-hydrogen) atoms. The highest BCUT2D eigenvalue weighted by Gasteiger charge is 2.38. The van der Waals surface area contributed by atoms with Crippen molar-refractivity contribution in [2.24, 2.45) is 0 Å². The molecule has 0 spiro atoms. The predicted molar refractivity (Wildman–Crippen MR) is 118 cm³/mol. The number of aromatic nitrogens is 2. The SMILES string of the molecule is CS(=O)(=O)c1nccc([C@H]2C[C@H](OCc3ccccc3)[C@@H](COCc3ccccc3)O2)n1. The maximum absolute atomic E-state index is 11.9. The van der Waals surface area contributed by atoms with Crippen LogP contribution in [0.5, 0.6) is 0 Å². The molecular weight excluding hydrogens is 428 g/mol. The minimum Gasteiger partial charge on any atom is -0.374 e. The smallest absolute Gasteiger partial charge is 0.247 e. The summed E-state index contributed by atoms with van der Waals surface area (Å²) in [4.78, 5) is 8.09.